The standard InChI is InChI=1S/C25H26F3N5O4S/c1-4-37-23(35)15-7-9-33(10-8-15)20-13-29-18(12-30-20)22(34)32-24-31-21(14(2)38-24)16-5-6-17(25(26,27)28)19(11-16)36-3/h5-6,11-13,15H,4,7-10H2,1-3H3,(H,31,32,34). The zero-order chi connectivity index (χ0) is 27.4. The minimum atomic E-state index is -4.55. The van der Waals surface area contributed by atoms with Crippen molar-refractivity contribution in [3.05, 3.63) is 46.7 Å². The predicted octanol–water partition coefficient (Wildman–Crippen LogP) is 4.97. The lowest BCUT2D eigenvalue weighted by molar-refractivity contribution is -0.148. The van der Waals surface area contributed by atoms with Crippen molar-refractivity contribution in [1.82, 2.24) is 15.0 Å². The molecule has 9 nitrogen and oxygen atoms in total. The maximum absolute atomic E-state index is 13.2. The number of alkyl halides is 3. The molecular weight excluding hydrogens is 523 g/mol. The number of methoxy groups -OCH3 is 1. The number of aryl methyl sites for hydroxylation is 1. The summed E-state index contributed by atoms with van der Waals surface area (Å²) >= 11 is 1.19. The highest BCUT2D eigenvalue weighted by Crippen LogP contribution is 2.39. The summed E-state index contributed by atoms with van der Waals surface area (Å²) in [5.74, 6) is -0.529. The van der Waals surface area contributed by atoms with Crippen molar-refractivity contribution >= 4 is 34.2 Å². The largest absolute Gasteiger partial charge is 0.496 e. The summed E-state index contributed by atoms with van der Waals surface area (Å²) in [5.41, 5.74) is 0.0706. The first-order valence-corrected chi connectivity index (χ1v) is 12.7. The van der Waals surface area contributed by atoms with Gasteiger partial charge in [0.1, 0.15) is 17.3 Å². The van der Waals surface area contributed by atoms with Crippen LogP contribution in [0.2, 0.25) is 0 Å². The molecule has 2 aromatic heterocycles. The molecule has 3 heterocycles. The molecule has 0 unspecified atom stereocenters. The normalized spacial score (nSPS) is 14.3. The van der Waals surface area contributed by atoms with Crippen LogP contribution < -0.4 is 15.0 Å². The van der Waals surface area contributed by atoms with E-state index in [0.29, 0.717) is 54.5 Å². The number of carbonyl (C=O) groups is 2. The highest BCUT2D eigenvalue weighted by molar-refractivity contribution is 7.16. The summed E-state index contributed by atoms with van der Waals surface area (Å²) in [6, 6.07) is 3.54. The monoisotopic (exact) mass is 549 g/mol. The molecule has 0 spiro atoms. The number of benzene rings is 1. The lowest BCUT2D eigenvalue weighted by atomic mass is 9.97. The van der Waals surface area contributed by atoms with Gasteiger partial charge in [-0.3, -0.25) is 14.9 Å². The van der Waals surface area contributed by atoms with E-state index in [1.165, 1.54) is 43.0 Å². The van der Waals surface area contributed by atoms with E-state index >= 15 is 0 Å². The predicted molar refractivity (Wildman–Crippen MR) is 135 cm³/mol. The van der Waals surface area contributed by atoms with Gasteiger partial charge in [-0.2, -0.15) is 13.2 Å². The Labute approximate surface area is 221 Å². The van der Waals surface area contributed by atoms with Gasteiger partial charge in [0.25, 0.3) is 5.91 Å². The van der Waals surface area contributed by atoms with Crippen molar-refractivity contribution in [2.75, 3.05) is 37.0 Å². The summed E-state index contributed by atoms with van der Waals surface area (Å²) in [6.07, 6.45) is -0.370. The minimum absolute atomic E-state index is 0.0840. The van der Waals surface area contributed by atoms with Crippen LogP contribution in [-0.2, 0) is 15.7 Å². The van der Waals surface area contributed by atoms with E-state index in [1.807, 2.05) is 4.90 Å². The molecule has 1 aliphatic rings. The van der Waals surface area contributed by atoms with Crippen molar-refractivity contribution in [3.8, 4) is 17.0 Å². The molecule has 38 heavy (non-hydrogen) atoms. The van der Waals surface area contributed by atoms with Gasteiger partial charge in [0.15, 0.2) is 5.13 Å². The maximum Gasteiger partial charge on any atom is 0.419 e. The molecule has 0 saturated carbocycles. The molecule has 1 aliphatic heterocycles. The highest BCUT2D eigenvalue weighted by atomic mass is 32.1. The average molecular weight is 550 g/mol. The van der Waals surface area contributed by atoms with Crippen LogP contribution in [0.3, 0.4) is 0 Å². The molecule has 1 N–H and O–H groups in total. The van der Waals surface area contributed by atoms with Crippen molar-refractivity contribution in [2.45, 2.75) is 32.9 Å². The number of nitrogens with one attached hydrogen (secondary N) is 1. The fraction of sp³-hybridized carbons (Fsp3) is 0.400. The van der Waals surface area contributed by atoms with Crippen LogP contribution in [0.5, 0.6) is 5.75 Å². The van der Waals surface area contributed by atoms with Crippen molar-refractivity contribution in [1.29, 1.82) is 0 Å². The Kier molecular flexibility index (Phi) is 8.14. The van der Waals surface area contributed by atoms with Crippen molar-refractivity contribution < 1.29 is 32.2 Å². The Balaban J connectivity index is 1.41. The van der Waals surface area contributed by atoms with Gasteiger partial charge in [-0.15, -0.1) is 11.3 Å². The molecule has 1 fully saturated rings. The van der Waals surface area contributed by atoms with Crippen LogP contribution in [0.1, 0.15) is 40.7 Å². The summed E-state index contributed by atoms with van der Waals surface area (Å²) in [6.45, 7) is 5.15. The van der Waals surface area contributed by atoms with Gasteiger partial charge in [0.2, 0.25) is 0 Å². The second kappa shape index (κ2) is 11.3. The molecule has 1 saturated heterocycles. The lowest BCUT2D eigenvalue weighted by Gasteiger charge is -2.31. The van der Waals surface area contributed by atoms with E-state index in [0.717, 1.165) is 6.07 Å². The number of nitrogens with zero attached hydrogens (tertiary/aromatic N) is 4. The number of carbonyl (C=O) groups excluding carboxylic acids is 2. The molecule has 0 atom stereocenters. The number of esters is 1. The summed E-state index contributed by atoms with van der Waals surface area (Å²) in [7, 11) is 1.17. The first-order valence-electron chi connectivity index (χ1n) is 11.9. The zero-order valence-electron chi connectivity index (χ0n) is 21.0. The molecule has 0 bridgehead atoms. The van der Waals surface area contributed by atoms with Gasteiger partial charge in [0, 0.05) is 23.5 Å². The molecule has 202 valence electrons. The fourth-order valence-corrected chi connectivity index (χ4v) is 4.99. The number of ether oxygens (including phenoxy) is 2. The van der Waals surface area contributed by atoms with E-state index in [-0.39, 0.29) is 28.5 Å². The van der Waals surface area contributed by atoms with Crippen molar-refractivity contribution in [2.24, 2.45) is 5.92 Å². The first kappa shape index (κ1) is 27.3. The van der Waals surface area contributed by atoms with Crippen LogP contribution in [0, 0.1) is 12.8 Å². The quantitative estimate of drug-likeness (QED) is 0.412. The third kappa shape index (κ3) is 6.04. The third-order valence-corrected chi connectivity index (χ3v) is 6.99. The van der Waals surface area contributed by atoms with Crippen LogP contribution in [0.15, 0.2) is 30.6 Å². The van der Waals surface area contributed by atoms with Crippen LogP contribution in [0.25, 0.3) is 11.3 Å². The number of piperidine rings is 1. The Hall–Kier alpha value is -3.74. The summed E-state index contributed by atoms with van der Waals surface area (Å²) in [4.78, 5) is 40.3. The fourth-order valence-electron chi connectivity index (χ4n) is 4.16. The Morgan fingerprint density at radius 1 is 1.18 bits per heavy atom. The van der Waals surface area contributed by atoms with E-state index in [2.05, 4.69) is 20.3 Å². The lowest BCUT2D eigenvalue weighted by Crippen LogP contribution is -2.37. The first-order chi connectivity index (χ1) is 18.1. The molecule has 0 aliphatic carbocycles. The Bertz CT molecular complexity index is 1310. The number of rotatable bonds is 7. The molecule has 13 heteroatoms. The number of thiazole rings is 1. The van der Waals surface area contributed by atoms with E-state index < -0.39 is 17.6 Å². The SMILES string of the molecule is CCOC(=O)C1CCN(c2cnc(C(=O)Nc3nc(-c4ccc(C(F)(F)F)c(OC)c4)c(C)s3)cn2)CC1. The number of hydrogen-bond donors (Lipinski definition) is 1. The molecular formula is C25H26F3N5O4S. The topological polar surface area (TPSA) is 107 Å². The summed E-state index contributed by atoms with van der Waals surface area (Å²) < 4.78 is 49.6. The molecule has 0 radical (unpaired) electrons. The molecule has 1 amide bonds. The van der Waals surface area contributed by atoms with Gasteiger partial charge in [-0.05, 0) is 38.8 Å². The van der Waals surface area contributed by atoms with Crippen LogP contribution >= 0.6 is 11.3 Å². The van der Waals surface area contributed by atoms with Gasteiger partial charge < -0.3 is 14.4 Å². The number of halogens is 3. The second-order valence-corrected chi connectivity index (χ2v) is 9.77. The smallest absolute Gasteiger partial charge is 0.419 e. The van der Waals surface area contributed by atoms with E-state index in [4.69, 9.17) is 9.47 Å². The summed E-state index contributed by atoms with van der Waals surface area (Å²) in [5, 5.41) is 2.94. The third-order valence-electron chi connectivity index (χ3n) is 6.11. The minimum Gasteiger partial charge on any atom is -0.496 e. The number of amides is 1. The highest BCUT2D eigenvalue weighted by Gasteiger charge is 2.34. The van der Waals surface area contributed by atoms with Gasteiger partial charge in [-0.25, -0.2) is 15.0 Å². The molecule has 1 aromatic carbocycles. The second-order valence-electron chi connectivity index (χ2n) is 8.56. The average Bonchev–Trinajstić information content (AvgIpc) is 3.27. The van der Waals surface area contributed by atoms with Crippen molar-refractivity contribution in [3.63, 3.8) is 0 Å². The Morgan fingerprint density at radius 2 is 1.92 bits per heavy atom. The number of aromatic nitrogens is 3. The Morgan fingerprint density at radius 3 is 2.53 bits per heavy atom. The zero-order valence-corrected chi connectivity index (χ0v) is 21.8. The van der Waals surface area contributed by atoms with Gasteiger partial charge in [-0.1, -0.05) is 6.07 Å². The van der Waals surface area contributed by atoms with Crippen LogP contribution in [-0.4, -0.2) is 53.6 Å². The number of anilines is 2. The van der Waals surface area contributed by atoms with E-state index in [1.54, 1.807) is 13.8 Å². The van der Waals surface area contributed by atoms with E-state index in [9.17, 15) is 22.8 Å². The van der Waals surface area contributed by atoms with Gasteiger partial charge in [0.05, 0.1) is 43.3 Å². The van der Waals surface area contributed by atoms with Gasteiger partial charge >= 0.3 is 12.1 Å². The maximum atomic E-state index is 13.2. The number of hydrogen-bond acceptors (Lipinski definition) is 9. The molecule has 4 rings (SSSR count). The van der Waals surface area contributed by atoms with Crippen LogP contribution in [0.4, 0.5) is 24.1 Å². The molecule has 3 aromatic rings.